The third-order valence-corrected chi connectivity index (χ3v) is 6.36. The van der Waals surface area contributed by atoms with Crippen LogP contribution in [0.5, 0.6) is 0 Å². The van der Waals surface area contributed by atoms with Crippen LogP contribution in [0, 0.1) is 5.92 Å². The molecule has 1 saturated carbocycles. The van der Waals surface area contributed by atoms with Gasteiger partial charge in [-0.3, -0.25) is 10.2 Å². The molecule has 1 aliphatic carbocycles. The molecular weight excluding hydrogens is 369 g/mol. The van der Waals surface area contributed by atoms with Crippen LogP contribution in [0.3, 0.4) is 0 Å². The molecule has 1 aromatic rings. The summed E-state index contributed by atoms with van der Waals surface area (Å²) in [6.07, 6.45) is 0.242. The van der Waals surface area contributed by atoms with Gasteiger partial charge in [0.15, 0.2) is 0 Å². The number of hydrogen-bond acceptors (Lipinski definition) is 4. The zero-order valence-corrected chi connectivity index (χ0v) is 15.8. The number of piperidine rings is 1. The topological polar surface area (TPSA) is 56.4 Å². The largest absolute Gasteiger partial charge is 0.416 e. The molecule has 3 fully saturated rings. The minimum atomic E-state index is -4.42. The van der Waals surface area contributed by atoms with Crippen molar-refractivity contribution in [3.05, 3.63) is 35.4 Å². The lowest BCUT2D eigenvalue weighted by Gasteiger charge is -2.35. The highest BCUT2D eigenvalue weighted by atomic mass is 19.4. The molecule has 1 amide bonds. The fourth-order valence-electron chi connectivity index (χ4n) is 4.86. The lowest BCUT2D eigenvalue weighted by Crippen LogP contribution is -2.52. The van der Waals surface area contributed by atoms with Crippen molar-refractivity contribution in [3.63, 3.8) is 0 Å². The smallest absolute Gasteiger partial charge is 0.334 e. The first kappa shape index (κ1) is 19.7. The van der Waals surface area contributed by atoms with Gasteiger partial charge < -0.3 is 10.2 Å². The zero-order valence-electron chi connectivity index (χ0n) is 15.8. The van der Waals surface area contributed by atoms with Crippen molar-refractivity contribution in [2.24, 2.45) is 5.92 Å². The van der Waals surface area contributed by atoms with E-state index >= 15 is 0 Å². The van der Waals surface area contributed by atoms with E-state index in [1.54, 1.807) is 11.0 Å². The van der Waals surface area contributed by atoms with Crippen molar-refractivity contribution >= 4 is 5.91 Å². The van der Waals surface area contributed by atoms with E-state index in [0.717, 1.165) is 51.3 Å². The van der Waals surface area contributed by atoms with E-state index in [4.69, 9.17) is 0 Å². The number of carbonyl (C=O) groups is 1. The van der Waals surface area contributed by atoms with Crippen molar-refractivity contribution in [1.82, 2.24) is 21.1 Å². The molecule has 8 heteroatoms. The van der Waals surface area contributed by atoms with E-state index in [2.05, 4.69) is 16.2 Å². The molecule has 3 N–H and O–H groups in total. The fraction of sp³-hybridized carbons (Fsp3) is 0.650. The fourth-order valence-corrected chi connectivity index (χ4v) is 4.86. The van der Waals surface area contributed by atoms with E-state index in [-0.39, 0.29) is 36.0 Å². The van der Waals surface area contributed by atoms with Crippen molar-refractivity contribution < 1.29 is 18.0 Å². The number of carbonyl (C=O) groups excluding carboxylic acids is 1. The van der Waals surface area contributed by atoms with E-state index < -0.39 is 17.8 Å². The molecule has 3 aliphatic rings. The molecule has 2 saturated heterocycles. The number of hydrazine groups is 1. The van der Waals surface area contributed by atoms with Gasteiger partial charge in [0.05, 0.1) is 5.56 Å². The third-order valence-electron chi connectivity index (χ3n) is 6.36. The van der Waals surface area contributed by atoms with Crippen LogP contribution in [0.15, 0.2) is 24.3 Å². The first-order valence-electron chi connectivity index (χ1n) is 10.1. The summed E-state index contributed by atoms with van der Waals surface area (Å²) < 4.78 is 40.4. The summed E-state index contributed by atoms with van der Waals surface area (Å²) in [6.45, 7) is 1.64. The Morgan fingerprint density at radius 3 is 2.61 bits per heavy atom. The lowest BCUT2D eigenvalue weighted by molar-refractivity contribution is -0.141. The highest BCUT2D eigenvalue weighted by Crippen LogP contribution is 2.34. The molecule has 1 aromatic carbocycles. The Morgan fingerprint density at radius 1 is 1.11 bits per heavy atom. The molecule has 0 spiro atoms. The molecule has 0 bridgehead atoms. The molecule has 0 aromatic heterocycles. The number of benzene rings is 1. The summed E-state index contributed by atoms with van der Waals surface area (Å²) in [4.78, 5) is 15.2. The molecule has 28 heavy (non-hydrogen) atoms. The molecule has 0 radical (unpaired) electrons. The van der Waals surface area contributed by atoms with Gasteiger partial charge in [0.25, 0.3) is 0 Å². The second-order valence-corrected chi connectivity index (χ2v) is 8.09. The van der Waals surface area contributed by atoms with E-state index in [9.17, 15) is 18.0 Å². The Kier molecular flexibility index (Phi) is 5.62. The quantitative estimate of drug-likeness (QED) is 0.732. The number of fused-ring (bicyclic) bond motifs is 1. The van der Waals surface area contributed by atoms with Crippen LogP contribution < -0.4 is 16.2 Å². The van der Waals surface area contributed by atoms with Gasteiger partial charge in [-0.1, -0.05) is 31.0 Å². The van der Waals surface area contributed by atoms with Crippen LogP contribution in [0.2, 0.25) is 0 Å². The van der Waals surface area contributed by atoms with E-state index in [0.29, 0.717) is 0 Å². The number of hydrogen-bond donors (Lipinski definition) is 3. The summed E-state index contributed by atoms with van der Waals surface area (Å²) in [6, 6.07) is 5.42. The van der Waals surface area contributed by atoms with Crippen LogP contribution in [-0.2, 0) is 17.5 Å². The van der Waals surface area contributed by atoms with Crippen molar-refractivity contribution in [2.45, 2.75) is 63.0 Å². The Morgan fingerprint density at radius 2 is 1.86 bits per heavy atom. The second kappa shape index (κ2) is 8.00. The lowest BCUT2D eigenvalue weighted by atomic mass is 9.88. The normalized spacial score (nSPS) is 28.3. The molecule has 154 valence electrons. The Labute approximate surface area is 163 Å². The Balaban J connectivity index is 1.59. The molecule has 3 unspecified atom stereocenters. The number of nitrogens with one attached hydrogen (secondary N) is 3. The van der Waals surface area contributed by atoms with Crippen LogP contribution in [0.1, 0.15) is 43.2 Å². The summed E-state index contributed by atoms with van der Waals surface area (Å²) >= 11 is 0. The number of alkyl halides is 3. The maximum atomic E-state index is 13.5. The second-order valence-electron chi connectivity index (χ2n) is 8.09. The van der Waals surface area contributed by atoms with E-state index in [1.807, 2.05) is 0 Å². The first-order valence-corrected chi connectivity index (χ1v) is 10.1. The van der Waals surface area contributed by atoms with Crippen molar-refractivity contribution in [3.8, 4) is 0 Å². The maximum absolute atomic E-state index is 13.5. The maximum Gasteiger partial charge on any atom is 0.416 e. The van der Waals surface area contributed by atoms with Crippen molar-refractivity contribution in [1.29, 1.82) is 0 Å². The number of amides is 1. The minimum Gasteiger partial charge on any atom is -0.334 e. The monoisotopic (exact) mass is 396 g/mol. The summed E-state index contributed by atoms with van der Waals surface area (Å²) in [5.41, 5.74) is 5.86. The van der Waals surface area contributed by atoms with Gasteiger partial charge >= 0.3 is 6.18 Å². The molecule has 3 atom stereocenters. The van der Waals surface area contributed by atoms with Crippen LogP contribution in [-0.4, -0.2) is 42.0 Å². The summed E-state index contributed by atoms with van der Waals surface area (Å²) in [5.74, 6) is 0.0237. The number of halogens is 3. The Bertz CT molecular complexity index is 705. The third kappa shape index (κ3) is 3.90. The number of rotatable bonds is 4. The summed E-state index contributed by atoms with van der Waals surface area (Å²) in [5, 5.41) is 3.33. The Hall–Kier alpha value is -1.64. The SMILES string of the molecule is O=C(C1NNC2CCNCC21)N(Cc1ccccc1C(F)(F)F)C1CCCC1. The predicted octanol–water partition coefficient (Wildman–Crippen LogP) is 2.43. The van der Waals surface area contributed by atoms with Gasteiger partial charge in [-0.2, -0.15) is 13.2 Å². The highest BCUT2D eigenvalue weighted by Gasteiger charge is 2.44. The highest BCUT2D eigenvalue weighted by molar-refractivity contribution is 5.83. The van der Waals surface area contributed by atoms with E-state index in [1.165, 1.54) is 12.1 Å². The molecular formula is C20H27F3N4O. The predicted molar refractivity (Wildman–Crippen MR) is 99.1 cm³/mol. The van der Waals surface area contributed by atoms with Gasteiger partial charge in [-0.05, 0) is 37.4 Å². The minimum absolute atomic E-state index is 0.00216. The summed E-state index contributed by atoms with van der Waals surface area (Å²) in [7, 11) is 0. The van der Waals surface area contributed by atoms with Gasteiger partial charge in [0.1, 0.15) is 6.04 Å². The van der Waals surface area contributed by atoms with Crippen LogP contribution in [0.25, 0.3) is 0 Å². The standard InChI is InChI=1S/C20H27F3N4O/c21-20(22,23)16-8-4-1-5-13(16)12-27(14-6-2-3-7-14)19(28)18-15-11-24-10-9-17(15)25-26-18/h1,4-5,8,14-15,17-18,24-26H,2-3,6-7,9-12H2. The zero-order chi connectivity index (χ0) is 19.7. The van der Waals surface area contributed by atoms with Gasteiger partial charge in [-0.25, -0.2) is 5.43 Å². The first-order chi connectivity index (χ1) is 13.4. The van der Waals surface area contributed by atoms with Gasteiger partial charge in [0, 0.05) is 31.1 Å². The molecule has 4 rings (SSSR count). The molecule has 2 heterocycles. The molecule has 2 aliphatic heterocycles. The number of nitrogens with zero attached hydrogens (tertiary/aromatic N) is 1. The van der Waals surface area contributed by atoms with Crippen LogP contribution >= 0.6 is 0 Å². The average Bonchev–Trinajstić information content (AvgIpc) is 3.35. The molecule has 5 nitrogen and oxygen atoms in total. The van der Waals surface area contributed by atoms with Gasteiger partial charge in [0.2, 0.25) is 5.91 Å². The van der Waals surface area contributed by atoms with Crippen LogP contribution in [0.4, 0.5) is 13.2 Å². The average molecular weight is 396 g/mol. The van der Waals surface area contributed by atoms with Gasteiger partial charge in [-0.15, -0.1) is 0 Å². The van der Waals surface area contributed by atoms with Crippen molar-refractivity contribution in [2.75, 3.05) is 13.1 Å².